The fraction of sp³-hybridized carbons (Fsp3) is 0.333. The summed E-state index contributed by atoms with van der Waals surface area (Å²) < 4.78 is 4.78. The molecule has 0 radical (unpaired) electrons. The molecule has 0 aliphatic heterocycles. The van der Waals surface area contributed by atoms with Gasteiger partial charge in [-0.25, -0.2) is 4.98 Å². The van der Waals surface area contributed by atoms with E-state index in [1.165, 1.54) is 12.6 Å². The molecule has 0 saturated heterocycles. The molecule has 0 bridgehead atoms. The van der Waals surface area contributed by atoms with Crippen LogP contribution in [0.4, 0.5) is 0 Å². The summed E-state index contributed by atoms with van der Waals surface area (Å²) in [6.07, 6.45) is 2.53. The van der Waals surface area contributed by atoms with Crippen molar-refractivity contribution >= 4 is 5.97 Å². The van der Waals surface area contributed by atoms with Crippen molar-refractivity contribution in [1.29, 1.82) is 0 Å². The maximum Gasteiger partial charge on any atom is 0.315 e. The Morgan fingerprint density at radius 2 is 2.64 bits per heavy atom. The molecule has 1 aromatic heterocycles. The number of carbonyl (C=O) groups is 1. The molecule has 0 aliphatic carbocycles. The van der Waals surface area contributed by atoms with Crippen molar-refractivity contribution in [3.05, 3.63) is 18.4 Å². The Morgan fingerprint density at radius 3 is 3.00 bits per heavy atom. The smallest absolute Gasteiger partial charge is 0.315 e. The lowest BCUT2D eigenvalue weighted by Crippen LogP contribution is -2.20. The Hall–Kier alpha value is -1.36. The number of nitrogens with two attached hydrogens (primary N) is 1. The number of aliphatic carboxylic acids is 1. The van der Waals surface area contributed by atoms with Crippen molar-refractivity contribution in [3.63, 3.8) is 0 Å². The second kappa shape index (κ2) is 3.16. The van der Waals surface area contributed by atoms with Crippen LogP contribution in [0.25, 0.3) is 0 Å². The molecule has 1 rings (SSSR count). The summed E-state index contributed by atoms with van der Waals surface area (Å²) in [4.78, 5) is 14.0. The van der Waals surface area contributed by atoms with Gasteiger partial charge >= 0.3 is 5.97 Å². The van der Waals surface area contributed by atoms with E-state index in [0.717, 1.165) is 0 Å². The predicted octanol–water partition coefficient (Wildman–Crippen LogP) is -0.199. The van der Waals surface area contributed by atoms with Gasteiger partial charge in [0.05, 0.1) is 6.20 Å². The summed E-state index contributed by atoms with van der Waals surface area (Å²) in [5.74, 6) is -1.48. The van der Waals surface area contributed by atoms with Crippen LogP contribution < -0.4 is 5.73 Å². The fourth-order valence-electron chi connectivity index (χ4n) is 0.736. The van der Waals surface area contributed by atoms with Gasteiger partial charge in [0.2, 0.25) is 0 Å². The van der Waals surface area contributed by atoms with Gasteiger partial charge in [0, 0.05) is 6.54 Å². The van der Waals surface area contributed by atoms with Gasteiger partial charge in [-0.2, -0.15) is 0 Å². The molecular formula is C6H8N2O3. The van der Waals surface area contributed by atoms with Crippen molar-refractivity contribution in [1.82, 2.24) is 4.98 Å². The molecule has 0 saturated carbocycles. The number of oxazole rings is 1. The van der Waals surface area contributed by atoms with Gasteiger partial charge in [-0.3, -0.25) is 4.79 Å². The van der Waals surface area contributed by atoms with E-state index in [2.05, 4.69) is 4.98 Å². The first-order valence-electron chi connectivity index (χ1n) is 3.07. The fourth-order valence-corrected chi connectivity index (χ4v) is 0.736. The maximum absolute atomic E-state index is 10.5. The molecule has 1 aromatic rings. The molecule has 5 heteroatoms. The van der Waals surface area contributed by atoms with Crippen LogP contribution in [-0.4, -0.2) is 22.6 Å². The van der Waals surface area contributed by atoms with E-state index >= 15 is 0 Å². The minimum Gasteiger partial charge on any atom is -0.481 e. The van der Waals surface area contributed by atoms with Crippen LogP contribution in [0.2, 0.25) is 0 Å². The zero-order chi connectivity index (χ0) is 8.27. The number of hydrogen-bond donors (Lipinski definition) is 2. The maximum atomic E-state index is 10.5. The first-order chi connectivity index (χ1) is 5.25. The number of aromatic nitrogens is 1. The molecular weight excluding hydrogens is 148 g/mol. The van der Waals surface area contributed by atoms with Gasteiger partial charge in [-0.1, -0.05) is 0 Å². The number of rotatable bonds is 3. The monoisotopic (exact) mass is 156 g/mol. The molecule has 0 aromatic carbocycles. The minimum atomic E-state index is -0.996. The summed E-state index contributed by atoms with van der Waals surface area (Å²) in [7, 11) is 0. The van der Waals surface area contributed by atoms with Crippen LogP contribution in [0.3, 0.4) is 0 Å². The predicted molar refractivity (Wildman–Crippen MR) is 35.9 cm³/mol. The highest BCUT2D eigenvalue weighted by Crippen LogP contribution is 2.12. The van der Waals surface area contributed by atoms with Crippen LogP contribution in [-0.2, 0) is 4.79 Å². The van der Waals surface area contributed by atoms with E-state index in [1.807, 2.05) is 0 Å². The lowest BCUT2D eigenvalue weighted by Gasteiger charge is -2.03. The minimum absolute atomic E-state index is 0.0184. The second-order valence-corrected chi connectivity index (χ2v) is 2.03. The van der Waals surface area contributed by atoms with Crippen molar-refractivity contribution in [3.8, 4) is 0 Å². The molecule has 5 nitrogen and oxygen atoms in total. The SMILES string of the molecule is NCC(C(=O)O)c1cnco1. The van der Waals surface area contributed by atoms with Crippen LogP contribution in [0.5, 0.6) is 0 Å². The van der Waals surface area contributed by atoms with E-state index in [-0.39, 0.29) is 6.54 Å². The first kappa shape index (κ1) is 7.74. The Morgan fingerprint density at radius 1 is 1.91 bits per heavy atom. The van der Waals surface area contributed by atoms with Gasteiger partial charge in [0.15, 0.2) is 6.39 Å². The van der Waals surface area contributed by atoms with E-state index in [9.17, 15) is 4.79 Å². The number of carboxylic acids is 1. The Balaban J connectivity index is 2.79. The quantitative estimate of drug-likeness (QED) is 0.632. The zero-order valence-corrected chi connectivity index (χ0v) is 5.73. The van der Waals surface area contributed by atoms with Crippen LogP contribution in [0.15, 0.2) is 17.0 Å². The average Bonchev–Trinajstić information content (AvgIpc) is 2.40. The third kappa shape index (κ3) is 1.56. The standard InChI is InChI=1S/C6H8N2O3/c7-1-4(6(9)10)5-2-8-3-11-5/h2-4H,1,7H2,(H,9,10). The van der Waals surface area contributed by atoms with Crippen molar-refractivity contribution in [2.45, 2.75) is 5.92 Å². The molecule has 0 aliphatic rings. The van der Waals surface area contributed by atoms with E-state index in [1.54, 1.807) is 0 Å². The van der Waals surface area contributed by atoms with E-state index in [4.69, 9.17) is 15.3 Å². The average molecular weight is 156 g/mol. The number of nitrogens with zero attached hydrogens (tertiary/aromatic N) is 1. The van der Waals surface area contributed by atoms with Gasteiger partial charge in [-0.05, 0) is 0 Å². The lowest BCUT2D eigenvalue weighted by molar-refractivity contribution is -0.138. The summed E-state index contributed by atoms with van der Waals surface area (Å²) in [6, 6.07) is 0. The van der Waals surface area contributed by atoms with Gasteiger partial charge < -0.3 is 15.3 Å². The Labute approximate surface area is 62.8 Å². The highest BCUT2D eigenvalue weighted by Gasteiger charge is 2.20. The molecule has 0 spiro atoms. The Bertz CT molecular complexity index is 232. The van der Waals surface area contributed by atoms with Gasteiger partial charge in [0.25, 0.3) is 0 Å². The first-order valence-corrected chi connectivity index (χ1v) is 3.07. The zero-order valence-electron chi connectivity index (χ0n) is 5.73. The second-order valence-electron chi connectivity index (χ2n) is 2.03. The normalized spacial score (nSPS) is 12.8. The van der Waals surface area contributed by atoms with Crippen LogP contribution in [0.1, 0.15) is 11.7 Å². The van der Waals surface area contributed by atoms with Crippen LogP contribution in [0, 0.1) is 0 Å². The number of hydrogen-bond acceptors (Lipinski definition) is 4. The molecule has 60 valence electrons. The van der Waals surface area contributed by atoms with E-state index in [0.29, 0.717) is 5.76 Å². The highest BCUT2D eigenvalue weighted by molar-refractivity contribution is 5.75. The molecule has 0 fully saturated rings. The van der Waals surface area contributed by atoms with Gasteiger partial charge in [0.1, 0.15) is 11.7 Å². The molecule has 1 unspecified atom stereocenters. The van der Waals surface area contributed by atoms with Crippen molar-refractivity contribution in [2.24, 2.45) is 5.73 Å². The summed E-state index contributed by atoms with van der Waals surface area (Å²) >= 11 is 0. The Kier molecular flexibility index (Phi) is 2.22. The molecule has 0 amide bonds. The van der Waals surface area contributed by atoms with E-state index < -0.39 is 11.9 Å². The van der Waals surface area contributed by atoms with Crippen molar-refractivity contribution < 1.29 is 14.3 Å². The lowest BCUT2D eigenvalue weighted by atomic mass is 10.1. The third-order valence-electron chi connectivity index (χ3n) is 1.33. The molecule has 1 heterocycles. The van der Waals surface area contributed by atoms with Gasteiger partial charge in [-0.15, -0.1) is 0 Å². The molecule has 11 heavy (non-hydrogen) atoms. The summed E-state index contributed by atoms with van der Waals surface area (Å²) in [5.41, 5.74) is 5.20. The molecule has 3 N–H and O–H groups in total. The van der Waals surface area contributed by atoms with Crippen molar-refractivity contribution in [2.75, 3.05) is 6.54 Å². The third-order valence-corrected chi connectivity index (χ3v) is 1.33. The summed E-state index contributed by atoms with van der Waals surface area (Å²) in [5, 5.41) is 8.58. The number of carboxylic acid groups (broad SMARTS) is 1. The summed E-state index contributed by atoms with van der Waals surface area (Å²) in [6.45, 7) is 0.0184. The topological polar surface area (TPSA) is 89.4 Å². The van der Waals surface area contributed by atoms with Crippen LogP contribution >= 0.6 is 0 Å². The largest absolute Gasteiger partial charge is 0.481 e. The highest BCUT2D eigenvalue weighted by atomic mass is 16.4. The molecule has 1 atom stereocenters.